The standard InChI is InChI=1S/C13H26N2O3S/c1-3-15-19(17,18)9-8-14-13(16)11(2)10-12-6-4-5-7-12/h11-12,15H,3-10H2,1-2H3,(H,14,16)/t11-/m0/s1. The maximum absolute atomic E-state index is 11.8. The first-order valence-electron chi connectivity index (χ1n) is 7.19. The van der Waals surface area contributed by atoms with Crippen molar-refractivity contribution >= 4 is 15.9 Å². The predicted molar refractivity (Wildman–Crippen MR) is 76.2 cm³/mol. The SMILES string of the molecule is CCNS(=O)(=O)CCNC(=O)[C@@H](C)CC1CCCC1. The average molecular weight is 290 g/mol. The van der Waals surface area contributed by atoms with E-state index in [0.717, 1.165) is 6.42 Å². The Balaban J connectivity index is 2.22. The Morgan fingerprint density at radius 2 is 1.95 bits per heavy atom. The lowest BCUT2D eigenvalue weighted by Crippen LogP contribution is -2.36. The molecule has 5 nitrogen and oxygen atoms in total. The maximum atomic E-state index is 11.8. The molecular formula is C13H26N2O3S. The molecule has 0 aromatic carbocycles. The summed E-state index contributed by atoms with van der Waals surface area (Å²) in [5, 5.41) is 2.71. The molecule has 2 N–H and O–H groups in total. The third-order valence-corrected chi connectivity index (χ3v) is 5.11. The lowest BCUT2D eigenvalue weighted by Gasteiger charge is -2.16. The highest BCUT2D eigenvalue weighted by Crippen LogP contribution is 2.30. The van der Waals surface area contributed by atoms with E-state index in [1.807, 2.05) is 6.92 Å². The molecule has 19 heavy (non-hydrogen) atoms. The largest absolute Gasteiger partial charge is 0.355 e. The van der Waals surface area contributed by atoms with Gasteiger partial charge in [0.15, 0.2) is 0 Å². The topological polar surface area (TPSA) is 75.3 Å². The van der Waals surface area contributed by atoms with Gasteiger partial charge in [-0.25, -0.2) is 13.1 Å². The molecule has 6 heteroatoms. The summed E-state index contributed by atoms with van der Waals surface area (Å²) in [6.45, 7) is 4.23. The van der Waals surface area contributed by atoms with Gasteiger partial charge in [-0.3, -0.25) is 4.79 Å². The van der Waals surface area contributed by atoms with Crippen LogP contribution in [0.4, 0.5) is 0 Å². The molecule has 1 fully saturated rings. The van der Waals surface area contributed by atoms with E-state index >= 15 is 0 Å². The molecule has 0 aromatic heterocycles. The Bertz CT molecular complexity index is 375. The molecule has 1 rings (SSSR count). The van der Waals surface area contributed by atoms with E-state index in [9.17, 15) is 13.2 Å². The Hall–Kier alpha value is -0.620. The number of carbonyl (C=O) groups is 1. The van der Waals surface area contributed by atoms with Crippen LogP contribution in [0, 0.1) is 11.8 Å². The maximum Gasteiger partial charge on any atom is 0.222 e. The lowest BCUT2D eigenvalue weighted by molar-refractivity contribution is -0.124. The lowest BCUT2D eigenvalue weighted by atomic mass is 9.94. The van der Waals surface area contributed by atoms with Crippen LogP contribution in [-0.4, -0.2) is 33.2 Å². The third kappa shape index (κ3) is 6.38. The van der Waals surface area contributed by atoms with E-state index in [1.165, 1.54) is 25.7 Å². The second-order valence-electron chi connectivity index (χ2n) is 5.40. The molecule has 0 unspecified atom stereocenters. The van der Waals surface area contributed by atoms with Crippen LogP contribution >= 0.6 is 0 Å². The zero-order chi connectivity index (χ0) is 14.3. The van der Waals surface area contributed by atoms with Crippen molar-refractivity contribution in [3.8, 4) is 0 Å². The van der Waals surface area contributed by atoms with Crippen LogP contribution in [0.2, 0.25) is 0 Å². The van der Waals surface area contributed by atoms with Crippen LogP contribution in [-0.2, 0) is 14.8 Å². The third-order valence-electron chi connectivity index (χ3n) is 3.64. The van der Waals surface area contributed by atoms with Gasteiger partial charge in [-0.15, -0.1) is 0 Å². The van der Waals surface area contributed by atoms with Crippen molar-refractivity contribution in [1.82, 2.24) is 10.0 Å². The minimum absolute atomic E-state index is 0.0232. The highest BCUT2D eigenvalue weighted by Gasteiger charge is 2.21. The first kappa shape index (κ1) is 16.4. The monoisotopic (exact) mass is 290 g/mol. The summed E-state index contributed by atoms with van der Waals surface area (Å²) < 4.78 is 25.2. The van der Waals surface area contributed by atoms with Crippen molar-refractivity contribution < 1.29 is 13.2 Å². The summed E-state index contributed by atoms with van der Waals surface area (Å²) in [5.41, 5.74) is 0. The number of sulfonamides is 1. The van der Waals surface area contributed by atoms with E-state index < -0.39 is 10.0 Å². The van der Waals surface area contributed by atoms with Gasteiger partial charge < -0.3 is 5.32 Å². The van der Waals surface area contributed by atoms with Gasteiger partial charge in [0, 0.05) is 19.0 Å². The van der Waals surface area contributed by atoms with E-state index in [1.54, 1.807) is 6.92 Å². The minimum Gasteiger partial charge on any atom is -0.355 e. The van der Waals surface area contributed by atoms with Crippen LogP contribution in [0.25, 0.3) is 0 Å². The summed E-state index contributed by atoms with van der Waals surface area (Å²) in [6, 6.07) is 0. The Labute approximate surface area is 116 Å². The summed E-state index contributed by atoms with van der Waals surface area (Å²) in [4.78, 5) is 11.8. The van der Waals surface area contributed by atoms with Crippen molar-refractivity contribution in [2.24, 2.45) is 11.8 Å². The first-order valence-corrected chi connectivity index (χ1v) is 8.85. The fraction of sp³-hybridized carbons (Fsp3) is 0.923. The van der Waals surface area contributed by atoms with Gasteiger partial charge in [0.1, 0.15) is 0 Å². The fourth-order valence-corrected chi connectivity index (χ4v) is 3.58. The molecule has 1 aliphatic rings. The van der Waals surface area contributed by atoms with Crippen molar-refractivity contribution in [3.05, 3.63) is 0 Å². The molecule has 0 bridgehead atoms. The molecular weight excluding hydrogens is 264 g/mol. The van der Waals surface area contributed by atoms with Gasteiger partial charge in [-0.1, -0.05) is 39.5 Å². The van der Waals surface area contributed by atoms with E-state index in [4.69, 9.17) is 0 Å². The normalized spacial score (nSPS) is 18.4. The summed E-state index contributed by atoms with van der Waals surface area (Å²) in [7, 11) is -3.24. The Morgan fingerprint density at radius 3 is 2.53 bits per heavy atom. The zero-order valence-electron chi connectivity index (χ0n) is 11.9. The number of nitrogens with one attached hydrogen (secondary N) is 2. The highest BCUT2D eigenvalue weighted by atomic mass is 32.2. The minimum atomic E-state index is -3.24. The van der Waals surface area contributed by atoms with Gasteiger partial charge in [0.2, 0.25) is 15.9 Å². The smallest absolute Gasteiger partial charge is 0.222 e. The van der Waals surface area contributed by atoms with Gasteiger partial charge >= 0.3 is 0 Å². The zero-order valence-corrected chi connectivity index (χ0v) is 12.8. The van der Waals surface area contributed by atoms with Crippen molar-refractivity contribution in [2.45, 2.75) is 46.0 Å². The molecule has 0 aliphatic heterocycles. The van der Waals surface area contributed by atoms with Crippen LogP contribution in [0.3, 0.4) is 0 Å². The molecule has 112 valence electrons. The van der Waals surface area contributed by atoms with Crippen LogP contribution < -0.4 is 10.0 Å². The van der Waals surface area contributed by atoms with Gasteiger partial charge in [0.05, 0.1) is 5.75 Å². The molecule has 1 saturated carbocycles. The quantitative estimate of drug-likeness (QED) is 0.706. The van der Waals surface area contributed by atoms with Gasteiger partial charge in [-0.2, -0.15) is 0 Å². The molecule has 1 amide bonds. The van der Waals surface area contributed by atoms with Crippen LogP contribution in [0.1, 0.15) is 46.0 Å². The first-order chi connectivity index (χ1) is 8.94. The molecule has 0 radical (unpaired) electrons. The molecule has 0 saturated heterocycles. The van der Waals surface area contributed by atoms with Crippen molar-refractivity contribution in [1.29, 1.82) is 0 Å². The van der Waals surface area contributed by atoms with E-state index in [-0.39, 0.29) is 24.1 Å². The molecule has 1 atom stereocenters. The fourth-order valence-electron chi connectivity index (χ4n) is 2.63. The average Bonchev–Trinajstić information content (AvgIpc) is 2.81. The number of carbonyl (C=O) groups excluding carboxylic acids is 1. The summed E-state index contributed by atoms with van der Waals surface area (Å²) >= 11 is 0. The highest BCUT2D eigenvalue weighted by molar-refractivity contribution is 7.89. The Morgan fingerprint density at radius 1 is 1.32 bits per heavy atom. The van der Waals surface area contributed by atoms with Gasteiger partial charge in [0.25, 0.3) is 0 Å². The summed E-state index contributed by atoms with van der Waals surface area (Å²) in [5.74, 6) is 0.567. The number of rotatable bonds is 8. The number of hydrogen-bond acceptors (Lipinski definition) is 3. The van der Waals surface area contributed by atoms with Crippen molar-refractivity contribution in [2.75, 3.05) is 18.8 Å². The van der Waals surface area contributed by atoms with Crippen LogP contribution in [0.15, 0.2) is 0 Å². The summed E-state index contributed by atoms with van der Waals surface area (Å²) in [6.07, 6.45) is 5.94. The van der Waals surface area contributed by atoms with Gasteiger partial charge in [-0.05, 0) is 12.3 Å². The molecule has 0 spiro atoms. The van der Waals surface area contributed by atoms with E-state index in [0.29, 0.717) is 12.5 Å². The Kier molecular flexibility index (Phi) is 6.79. The second-order valence-corrected chi connectivity index (χ2v) is 7.32. The van der Waals surface area contributed by atoms with E-state index in [2.05, 4.69) is 10.0 Å². The molecule has 0 aromatic rings. The number of hydrogen-bond donors (Lipinski definition) is 2. The molecule has 0 heterocycles. The second kappa shape index (κ2) is 7.85. The number of amides is 1. The predicted octanol–water partition coefficient (Wildman–Crippen LogP) is 1.26. The molecule has 1 aliphatic carbocycles. The van der Waals surface area contributed by atoms with Crippen molar-refractivity contribution in [3.63, 3.8) is 0 Å². The van der Waals surface area contributed by atoms with Crippen LogP contribution in [0.5, 0.6) is 0 Å².